The summed E-state index contributed by atoms with van der Waals surface area (Å²) in [4.78, 5) is 11.0. The van der Waals surface area contributed by atoms with E-state index < -0.39 is 16.0 Å². The number of anilines is 1. The molecule has 1 heterocycles. The van der Waals surface area contributed by atoms with E-state index in [-0.39, 0.29) is 15.9 Å². The second-order valence-electron chi connectivity index (χ2n) is 8.93. The lowest BCUT2D eigenvalue weighted by atomic mass is 9.69. The van der Waals surface area contributed by atoms with Crippen LogP contribution in [0, 0.1) is 11.3 Å². The highest BCUT2D eigenvalue weighted by atomic mass is 32.2. The Labute approximate surface area is 182 Å². The molecule has 0 radical (unpaired) electrons. The van der Waals surface area contributed by atoms with Crippen LogP contribution >= 0.6 is 0 Å². The molecule has 0 unspecified atom stereocenters. The summed E-state index contributed by atoms with van der Waals surface area (Å²) in [5.74, 6) is 0.456. The first kappa shape index (κ1) is 21.4. The molecule has 1 atom stereocenters. The molecule has 31 heavy (non-hydrogen) atoms. The van der Waals surface area contributed by atoms with Crippen molar-refractivity contribution in [2.75, 3.05) is 4.72 Å². The molecular weight excluding hydrogens is 414 g/mol. The van der Waals surface area contributed by atoms with Gasteiger partial charge in [0.1, 0.15) is 11.3 Å². The van der Waals surface area contributed by atoms with Gasteiger partial charge in [0, 0.05) is 23.1 Å². The van der Waals surface area contributed by atoms with Crippen molar-refractivity contribution < 1.29 is 22.7 Å². The van der Waals surface area contributed by atoms with Gasteiger partial charge in [0.15, 0.2) is 0 Å². The van der Waals surface area contributed by atoms with E-state index >= 15 is 0 Å². The van der Waals surface area contributed by atoms with E-state index in [1.807, 2.05) is 6.07 Å². The minimum Gasteiger partial charge on any atom is -0.478 e. The molecule has 164 valence electrons. The van der Waals surface area contributed by atoms with E-state index in [0.29, 0.717) is 11.6 Å². The summed E-state index contributed by atoms with van der Waals surface area (Å²) in [6.45, 7) is 6.83. The molecule has 6 nitrogen and oxygen atoms in total. The summed E-state index contributed by atoms with van der Waals surface area (Å²) in [6.07, 6.45) is 4.03. The average molecular weight is 442 g/mol. The van der Waals surface area contributed by atoms with E-state index in [2.05, 4.69) is 25.5 Å². The Morgan fingerprint density at radius 2 is 1.90 bits per heavy atom. The predicted octanol–water partition coefficient (Wildman–Crippen LogP) is 5.47. The number of nitrogens with one attached hydrogen (secondary N) is 1. The molecule has 1 aliphatic carbocycles. The lowest BCUT2D eigenvalue weighted by molar-refractivity contribution is 0.0696. The number of rotatable bonds is 6. The van der Waals surface area contributed by atoms with E-state index in [9.17, 15) is 13.2 Å². The zero-order valence-corrected chi connectivity index (χ0v) is 18.8. The Kier molecular flexibility index (Phi) is 5.33. The number of sulfonamides is 1. The van der Waals surface area contributed by atoms with Gasteiger partial charge in [-0.2, -0.15) is 0 Å². The van der Waals surface area contributed by atoms with Crippen molar-refractivity contribution in [2.45, 2.75) is 51.3 Å². The van der Waals surface area contributed by atoms with Crippen LogP contribution < -0.4 is 4.72 Å². The van der Waals surface area contributed by atoms with Gasteiger partial charge < -0.3 is 9.52 Å². The second kappa shape index (κ2) is 7.71. The number of carbonyl (C=O) groups is 1. The Hall–Kier alpha value is -2.80. The fourth-order valence-corrected chi connectivity index (χ4v) is 5.34. The van der Waals surface area contributed by atoms with Crippen LogP contribution in [0.2, 0.25) is 0 Å². The van der Waals surface area contributed by atoms with E-state index in [1.54, 1.807) is 12.1 Å². The van der Waals surface area contributed by atoms with Crippen molar-refractivity contribution >= 4 is 32.6 Å². The van der Waals surface area contributed by atoms with Crippen molar-refractivity contribution in [2.24, 2.45) is 11.3 Å². The molecule has 0 fully saturated rings. The summed E-state index contributed by atoms with van der Waals surface area (Å²) < 4.78 is 34.2. The third-order valence-electron chi connectivity index (χ3n) is 6.72. The minimum absolute atomic E-state index is 0.0107. The van der Waals surface area contributed by atoms with E-state index in [4.69, 9.17) is 9.52 Å². The van der Waals surface area contributed by atoms with Crippen LogP contribution in [0.5, 0.6) is 0 Å². The molecule has 1 aliphatic rings. The first-order valence-electron chi connectivity index (χ1n) is 10.5. The molecule has 1 aromatic heterocycles. The van der Waals surface area contributed by atoms with Gasteiger partial charge in [-0.3, -0.25) is 4.72 Å². The monoisotopic (exact) mass is 441 g/mol. The van der Waals surface area contributed by atoms with E-state index in [0.717, 1.165) is 42.4 Å². The highest BCUT2D eigenvalue weighted by molar-refractivity contribution is 7.92. The van der Waals surface area contributed by atoms with Crippen LogP contribution in [-0.4, -0.2) is 19.5 Å². The summed E-state index contributed by atoms with van der Waals surface area (Å²) in [5, 5.41) is 9.95. The minimum atomic E-state index is -3.84. The number of carboxylic acid groups (broad SMARTS) is 1. The second-order valence-corrected chi connectivity index (χ2v) is 10.6. The molecule has 0 saturated heterocycles. The maximum absolute atomic E-state index is 12.8. The third-order valence-corrected chi connectivity index (χ3v) is 8.12. The maximum atomic E-state index is 12.8. The topological polar surface area (TPSA) is 96.6 Å². The van der Waals surface area contributed by atoms with Gasteiger partial charge >= 0.3 is 5.97 Å². The van der Waals surface area contributed by atoms with Crippen LogP contribution in [0.3, 0.4) is 0 Å². The van der Waals surface area contributed by atoms with Crippen LogP contribution in [0.1, 0.15) is 55.3 Å². The normalized spacial score (nSPS) is 16.8. The van der Waals surface area contributed by atoms with Gasteiger partial charge in [-0.1, -0.05) is 27.2 Å². The average Bonchev–Trinajstić information content (AvgIpc) is 3.10. The fraction of sp³-hybridized carbons (Fsp3) is 0.375. The van der Waals surface area contributed by atoms with Gasteiger partial charge in [0.05, 0.1) is 10.5 Å². The molecule has 7 heteroatoms. The Morgan fingerprint density at radius 1 is 1.19 bits per heavy atom. The number of aryl methyl sites for hydroxylation is 1. The van der Waals surface area contributed by atoms with Crippen LogP contribution in [0.25, 0.3) is 11.0 Å². The summed E-state index contributed by atoms with van der Waals surface area (Å²) in [6, 6.07) is 10.5. The molecule has 0 saturated carbocycles. The van der Waals surface area contributed by atoms with Gasteiger partial charge in [-0.25, -0.2) is 13.2 Å². The molecule has 4 rings (SSSR count). The molecule has 2 aromatic carbocycles. The molecule has 3 aromatic rings. The Morgan fingerprint density at radius 3 is 2.55 bits per heavy atom. The van der Waals surface area contributed by atoms with Gasteiger partial charge in [-0.15, -0.1) is 0 Å². The number of hydrogen-bond acceptors (Lipinski definition) is 4. The molecule has 0 aliphatic heterocycles. The summed E-state index contributed by atoms with van der Waals surface area (Å²) in [7, 11) is -3.84. The van der Waals surface area contributed by atoms with Crippen molar-refractivity contribution in [1.82, 2.24) is 0 Å². The largest absolute Gasteiger partial charge is 0.478 e. The van der Waals surface area contributed by atoms with E-state index in [1.165, 1.54) is 29.8 Å². The first-order chi connectivity index (χ1) is 14.6. The maximum Gasteiger partial charge on any atom is 0.335 e. The zero-order valence-electron chi connectivity index (χ0n) is 17.9. The molecule has 0 amide bonds. The van der Waals surface area contributed by atoms with Crippen molar-refractivity contribution in [3.05, 3.63) is 59.4 Å². The Balaban J connectivity index is 1.64. The summed E-state index contributed by atoms with van der Waals surface area (Å²) >= 11 is 0. The number of furan rings is 1. The van der Waals surface area contributed by atoms with Crippen LogP contribution in [-0.2, 0) is 22.9 Å². The number of carboxylic acids is 1. The standard InChI is InChI=1S/C24H27NO5S/c1-4-24(2,3)16-7-11-21-19(13-16)20-14-17(8-12-22(20)30-21)25-31(28,29)18-9-5-15(6-10-18)23(26)27/h5-6,8-10,12,14,16,25H,4,7,11,13H2,1-3H3,(H,26,27)/t16-/m1/s1. The Bertz CT molecular complexity index is 1240. The van der Waals surface area contributed by atoms with Gasteiger partial charge in [-0.05, 0) is 66.6 Å². The number of hydrogen-bond donors (Lipinski definition) is 2. The highest BCUT2D eigenvalue weighted by Crippen LogP contribution is 2.43. The van der Waals surface area contributed by atoms with Crippen molar-refractivity contribution in [3.63, 3.8) is 0 Å². The number of fused-ring (bicyclic) bond motifs is 3. The smallest absolute Gasteiger partial charge is 0.335 e. The zero-order chi connectivity index (χ0) is 22.4. The predicted molar refractivity (Wildman–Crippen MR) is 120 cm³/mol. The SMILES string of the molecule is CCC(C)(C)[C@@H]1CCc2oc3ccc(NS(=O)(=O)c4ccc(C(=O)O)cc4)cc3c2C1. The first-order valence-corrected chi connectivity index (χ1v) is 12.0. The van der Waals surface area contributed by atoms with Crippen molar-refractivity contribution in [3.8, 4) is 0 Å². The third kappa shape index (κ3) is 4.06. The van der Waals surface area contributed by atoms with Gasteiger partial charge in [0.25, 0.3) is 10.0 Å². The fourth-order valence-electron chi connectivity index (χ4n) is 4.29. The van der Waals surface area contributed by atoms with Crippen LogP contribution in [0.15, 0.2) is 51.8 Å². The molecular formula is C24H27NO5S. The van der Waals surface area contributed by atoms with Crippen LogP contribution in [0.4, 0.5) is 5.69 Å². The summed E-state index contributed by atoms with van der Waals surface area (Å²) in [5.41, 5.74) is 2.68. The lowest BCUT2D eigenvalue weighted by Gasteiger charge is -2.36. The molecule has 0 bridgehead atoms. The quantitative estimate of drug-likeness (QED) is 0.528. The number of benzene rings is 2. The van der Waals surface area contributed by atoms with Crippen molar-refractivity contribution in [1.29, 1.82) is 0 Å². The molecule has 2 N–H and O–H groups in total. The number of aromatic carboxylic acids is 1. The molecule has 0 spiro atoms. The lowest BCUT2D eigenvalue weighted by Crippen LogP contribution is -2.28. The highest BCUT2D eigenvalue weighted by Gasteiger charge is 2.33. The van der Waals surface area contributed by atoms with Gasteiger partial charge in [0.2, 0.25) is 0 Å².